The van der Waals surface area contributed by atoms with E-state index in [4.69, 9.17) is 0 Å². The molecule has 0 saturated heterocycles. The van der Waals surface area contributed by atoms with Crippen LogP contribution in [0.15, 0.2) is 41.4 Å². The Kier molecular flexibility index (Phi) is 5.98. The Balaban J connectivity index is 2.27. The monoisotopic (exact) mass is 383 g/mol. The maximum Gasteiger partial charge on any atom is 0.282 e. The predicted molar refractivity (Wildman–Crippen MR) is 100 cm³/mol. The third kappa shape index (κ3) is 4.63. The van der Waals surface area contributed by atoms with Crippen molar-refractivity contribution in [2.75, 3.05) is 0 Å². The first-order valence-corrected chi connectivity index (χ1v) is 10.7. The molecular formula is C17H25N3O3S2. The fourth-order valence-corrected chi connectivity index (χ4v) is 4.14. The lowest BCUT2D eigenvalue weighted by Gasteiger charge is -2.26. The van der Waals surface area contributed by atoms with Gasteiger partial charge in [-0.2, -0.15) is 17.6 Å². The summed E-state index contributed by atoms with van der Waals surface area (Å²) in [6.45, 7) is 9.47. The summed E-state index contributed by atoms with van der Waals surface area (Å²) < 4.78 is 41.2. The van der Waals surface area contributed by atoms with Crippen molar-refractivity contribution in [3.8, 4) is 0 Å². The SMILES string of the molecule is CC[C@H](N[S@+]([O-])C(C)(C)C)c1ccn(S(=O)(=O)c2ccc(C)cc2)n1. The summed E-state index contributed by atoms with van der Waals surface area (Å²) in [7, 11) is -3.73. The summed E-state index contributed by atoms with van der Waals surface area (Å²) in [6, 6.07) is 7.99. The summed E-state index contributed by atoms with van der Waals surface area (Å²) >= 11 is -1.27. The minimum atomic E-state index is -3.73. The van der Waals surface area contributed by atoms with Gasteiger partial charge in [-0.05, 0) is 52.3 Å². The van der Waals surface area contributed by atoms with Crippen LogP contribution in [0.4, 0.5) is 0 Å². The lowest BCUT2D eigenvalue weighted by atomic mass is 10.2. The van der Waals surface area contributed by atoms with Crippen LogP contribution >= 0.6 is 0 Å². The number of nitrogens with zero attached hydrogens (tertiary/aromatic N) is 2. The van der Waals surface area contributed by atoms with Crippen molar-refractivity contribution < 1.29 is 13.0 Å². The zero-order chi connectivity index (χ0) is 18.8. The molecule has 1 aromatic heterocycles. The van der Waals surface area contributed by atoms with Crippen LogP contribution in [0.1, 0.15) is 51.4 Å². The van der Waals surface area contributed by atoms with Gasteiger partial charge < -0.3 is 4.55 Å². The van der Waals surface area contributed by atoms with Gasteiger partial charge in [0.1, 0.15) is 4.75 Å². The zero-order valence-electron chi connectivity index (χ0n) is 15.2. The van der Waals surface area contributed by atoms with Crippen LogP contribution in [-0.2, 0) is 21.4 Å². The first-order valence-electron chi connectivity index (χ1n) is 8.11. The number of nitrogens with one attached hydrogen (secondary N) is 1. The van der Waals surface area contributed by atoms with E-state index in [-0.39, 0.29) is 10.9 Å². The van der Waals surface area contributed by atoms with Gasteiger partial charge in [0.15, 0.2) is 0 Å². The number of aromatic nitrogens is 2. The summed E-state index contributed by atoms with van der Waals surface area (Å²) in [6.07, 6.45) is 2.07. The fourth-order valence-electron chi connectivity index (χ4n) is 2.12. The van der Waals surface area contributed by atoms with Crippen molar-refractivity contribution in [1.82, 2.24) is 13.9 Å². The van der Waals surface area contributed by atoms with Crippen LogP contribution in [0, 0.1) is 6.92 Å². The van der Waals surface area contributed by atoms with Crippen LogP contribution < -0.4 is 4.72 Å². The van der Waals surface area contributed by atoms with Gasteiger partial charge in [0, 0.05) is 17.6 Å². The Morgan fingerprint density at radius 3 is 2.36 bits per heavy atom. The predicted octanol–water partition coefficient (Wildman–Crippen LogP) is 2.93. The van der Waals surface area contributed by atoms with E-state index >= 15 is 0 Å². The fraction of sp³-hybridized carbons (Fsp3) is 0.471. The number of aryl methyl sites for hydroxylation is 1. The molecule has 6 nitrogen and oxygen atoms in total. The molecule has 2 atom stereocenters. The molecule has 0 fully saturated rings. The molecule has 0 unspecified atom stereocenters. The van der Waals surface area contributed by atoms with Crippen molar-refractivity contribution in [1.29, 1.82) is 0 Å². The highest BCUT2D eigenvalue weighted by Crippen LogP contribution is 2.22. The second-order valence-electron chi connectivity index (χ2n) is 6.89. The highest BCUT2D eigenvalue weighted by molar-refractivity contribution is 7.90. The molecule has 0 aliphatic carbocycles. The molecule has 1 N–H and O–H groups in total. The summed E-state index contributed by atoms with van der Waals surface area (Å²) in [5.41, 5.74) is 1.54. The van der Waals surface area contributed by atoms with Gasteiger partial charge in [-0.3, -0.25) is 0 Å². The molecule has 8 heteroatoms. The topological polar surface area (TPSA) is 87.0 Å². The van der Waals surface area contributed by atoms with Crippen molar-refractivity contribution >= 4 is 21.4 Å². The Hall–Kier alpha value is -1.35. The molecule has 25 heavy (non-hydrogen) atoms. The molecule has 0 amide bonds. The van der Waals surface area contributed by atoms with E-state index in [0.29, 0.717) is 12.1 Å². The van der Waals surface area contributed by atoms with Gasteiger partial charge in [0.05, 0.1) is 16.6 Å². The first-order chi connectivity index (χ1) is 11.6. The maximum atomic E-state index is 12.7. The van der Waals surface area contributed by atoms with Gasteiger partial charge >= 0.3 is 0 Å². The van der Waals surface area contributed by atoms with Crippen LogP contribution in [0.3, 0.4) is 0 Å². The first kappa shape index (κ1) is 20.0. The zero-order valence-corrected chi connectivity index (χ0v) is 16.8. The van der Waals surface area contributed by atoms with Crippen LogP contribution in [0.5, 0.6) is 0 Å². The van der Waals surface area contributed by atoms with Crippen LogP contribution in [0.25, 0.3) is 0 Å². The highest BCUT2D eigenvalue weighted by atomic mass is 32.2. The largest absolute Gasteiger partial charge is 0.598 e. The summed E-state index contributed by atoms with van der Waals surface area (Å²) in [5, 5.41) is 4.22. The van der Waals surface area contributed by atoms with Gasteiger partial charge in [0.25, 0.3) is 10.0 Å². The molecule has 138 valence electrons. The lowest BCUT2D eigenvalue weighted by Crippen LogP contribution is -2.41. The minimum Gasteiger partial charge on any atom is -0.598 e. The third-order valence-electron chi connectivity index (χ3n) is 3.72. The molecule has 2 aromatic rings. The van der Waals surface area contributed by atoms with E-state index in [1.807, 2.05) is 34.6 Å². The number of rotatable bonds is 6. The van der Waals surface area contributed by atoms with Crippen molar-refractivity contribution in [2.45, 2.75) is 56.7 Å². The average molecular weight is 384 g/mol. The second-order valence-corrected chi connectivity index (χ2v) is 10.7. The molecule has 0 bridgehead atoms. The number of hydrogen-bond acceptors (Lipinski definition) is 5. The van der Waals surface area contributed by atoms with E-state index in [9.17, 15) is 13.0 Å². The molecule has 0 radical (unpaired) electrons. The molecular weight excluding hydrogens is 358 g/mol. The van der Waals surface area contributed by atoms with Crippen LogP contribution in [-0.4, -0.2) is 26.9 Å². The second kappa shape index (κ2) is 7.49. The van der Waals surface area contributed by atoms with E-state index in [0.717, 1.165) is 9.65 Å². The molecule has 1 aromatic carbocycles. The maximum absolute atomic E-state index is 12.7. The summed E-state index contributed by atoms with van der Waals surface area (Å²) in [4.78, 5) is 0.187. The normalized spacial score (nSPS) is 15.1. The van der Waals surface area contributed by atoms with Crippen LogP contribution in [0.2, 0.25) is 0 Å². The van der Waals surface area contributed by atoms with E-state index in [1.165, 1.54) is 6.20 Å². The Bertz CT molecular complexity index is 808. The third-order valence-corrected chi connectivity index (χ3v) is 6.90. The average Bonchev–Trinajstić information content (AvgIpc) is 3.02. The van der Waals surface area contributed by atoms with Gasteiger partial charge in [-0.1, -0.05) is 24.6 Å². The van der Waals surface area contributed by atoms with E-state index in [1.54, 1.807) is 30.3 Å². The lowest BCUT2D eigenvalue weighted by molar-refractivity contribution is 0.513. The Morgan fingerprint density at radius 2 is 1.84 bits per heavy atom. The standard InChI is InChI=1S/C17H25N3O3S2/c1-6-15(19-24(21)17(3,4)5)16-11-12-20(18-16)25(22,23)14-9-7-13(2)8-10-14/h7-12,15,19H,6H2,1-5H3/t15-,24+/m0/s1. The minimum absolute atomic E-state index is 0.187. The molecule has 0 spiro atoms. The highest BCUT2D eigenvalue weighted by Gasteiger charge is 2.30. The van der Waals surface area contributed by atoms with Gasteiger partial charge in [-0.15, -0.1) is 4.72 Å². The quantitative estimate of drug-likeness (QED) is 0.775. The molecule has 0 aliphatic heterocycles. The molecule has 2 rings (SSSR count). The summed E-state index contributed by atoms with van der Waals surface area (Å²) in [5.74, 6) is 0. The smallest absolute Gasteiger partial charge is 0.282 e. The van der Waals surface area contributed by atoms with Crippen molar-refractivity contribution in [3.63, 3.8) is 0 Å². The van der Waals surface area contributed by atoms with E-state index in [2.05, 4.69) is 9.82 Å². The number of benzene rings is 1. The molecule has 0 saturated carbocycles. The number of hydrogen-bond donors (Lipinski definition) is 1. The van der Waals surface area contributed by atoms with Crippen molar-refractivity contribution in [2.24, 2.45) is 0 Å². The Labute approximate surface area is 153 Å². The molecule has 0 aliphatic rings. The van der Waals surface area contributed by atoms with Gasteiger partial charge in [0.2, 0.25) is 0 Å². The van der Waals surface area contributed by atoms with Gasteiger partial charge in [-0.25, -0.2) is 0 Å². The van der Waals surface area contributed by atoms with E-state index < -0.39 is 26.1 Å². The Morgan fingerprint density at radius 1 is 1.24 bits per heavy atom. The molecule has 1 heterocycles. The van der Waals surface area contributed by atoms with Crippen molar-refractivity contribution in [3.05, 3.63) is 47.8 Å².